The molecule has 0 fully saturated rings. The highest BCUT2D eigenvalue weighted by Crippen LogP contribution is 2.18. The van der Waals surface area contributed by atoms with Crippen molar-refractivity contribution in [2.75, 3.05) is 5.75 Å². The quantitative estimate of drug-likeness (QED) is 0.597. The monoisotopic (exact) mass is 404 g/mol. The molecular formula is C20H17ClO5S. The Kier molecular flexibility index (Phi) is 5.98. The summed E-state index contributed by atoms with van der Waals surface area (Å²) in [6.07, 6.45) is 1.29. The molecule has 0 aliphatic rings. The minimum absolute atomic E-state index is 0.0725. The molecule has 0 unspecified atom stereocenters. The van der Waals surface area contributed by atoms with Gasteiger partial charge in [0.2, 0.25) is 11.2 Å². The number of halogens is 1. The van der Waals surface area contributed by atoms with Crippen LogP contribution in [0.4, 0.5) is 0 Å². The van der Waals surface area contributed by atoms with Crippen LogP contribution in [0.5, 0.6) is 5.75 Å². The Bertz CT molecular complexity index is 1070. The number of ether oxygens (including phenoxy) is 1. The van der Waals surface area contributed by atoms with E-state index in [1.54, 1.807) is 12.1 Å². The maximum absolute atomic E-state index is 12.4. The number of hydrogen-bond donors (Lipinski definition) is 0. The molecule has 27 heavy (non-hydrogen) atoms. The zero-order valence-corrected chi connectivity index (χ0v) is 15.9. The molecule has 3 aromatic rings. The van der Waals surface area contributed by atoms with Gasteiger partial charge in [-0.1, -0.05) is 48.0 Å². The van der Waals surface area contributed by atoms with Gasteiger partial charge in [-0.2, -0.15) is 0 Å². The normalized spacial score (nSPS) is 11.3. The van der Waals surface area contributed by atoms with E-state index in [0.29, 0.717) is 5.02 Å². The summed E-state index contributed by atoms with van der Waals surface area (Å²) in [5.74, 6) is 0.165. The fourth-order valence-corrected chi connectivity index (χ4v) is 3.98. The highest BCUT2D eigenvalue weighted by atomic mass is 35.5. The molecule has 0 saturated heterocycles. The van der Waals surface area contributed by atoms with E-state index in [9.17, 15) is 13.2 Å². The van der Waals surface area contributed by atoms with Crippen molar-refractivity contribution in [3.8, 4) is 5.75 Å². The summed E-state index contributed by atoms with van der Waals surface area (Å²) < 4.78 is 35.6. The van der Waals surface area contributed by atoms with Gasteiger partial charge in [0.05, 0.1) is 10.6 Å². The van der Waals surface area contributed by atoms with Crippen LogP contribution in [0.3, 0.4) is 0 Å². The molecule has 0 aliphatic heterocycles. The summed E-state index contributed by atoms with van der Waals surface area (Å²) in [4.78, 5) is 12.3. The molecule has 3 rings (SSSR count). The third kappa shape index (κ3) is 5.21. The Morgan fingerprint density at radius 3 is 2.48 bits per heavy atom. The zero-order valence-electron chi connectivity index (χ0n) is 14.3. The minimum Gasteiger partial charge on any atom is -0.482 e. The lowest BCUT2D eigenvalue weighted by Gasteiger charge is -2.07. The molecule has 0 N–H and O–H groups in total. The van der Waals surface area contributed by atoms with Crippen molar-refractivity contribution in [3.05, 3.63) is 93.5 Å². The van der Waals surface area contributed by atoms with Crippen LogP contribution < -0.4 is 10.2 Å². The maximum Gasteiger partial charge on any atom is 0.226 e. The summed E-state index contributed by atoms with van der Waals surface area (Å²) in [7, 11) is -3.53. The van der Waals surface area contributed by atoms with Crippen molar-refractivity contribution in [3.63, 3.8) is 0 Å². The van der Waals surface area contributed by atoms with E-state index in [1.165, 1.54) is 24.5 Å². The van der Waals surface area contributed by atoms with Crippen molar-refractivity contribution in [1.82, 2.24) is 0 Å². The van der Waals surface area contributed by atoms with E-state index in [0.717, 1.165) is 5.56 Å². The van der Waals surface area contributed by atoms with Crippen molar-refractivity contribution in [2.24, 2.45) is 0 Å². The fraction of sp³-hybridized carbons (Fsp3) is 0.150. The summed E-state index contributed by atoms with van der Waals surface area (Å²) in [5, 5.41) is 0.350. The Balaban J connectivity index is 1.64. The van der Waals surface area contributed by atoms with Crippen LogP contribution in [-0.4, -0.2) is 14.2 Å². The second-order valence-corrected chi connectivity index (χ2v) is 8.42. The first kappa shape index (κ1) is 19.2. The first-order valence-electron chi connectivity index (χ1n) is 8.21. The first-order chi connectivity index (χ1) is 12.9. The summed E-state index contributed by atoms with van der Waals surface area (Å²) in [6, 6.07) is 16.7. The lowest BCUT2D eigenvalue weighted by atomic mass is 10.2. The van der Waals surface area contributed by atoms with Gasteiger partial charge in [0.1, 0.15) is 18.6 Å². The first-order valence-corrected chi connectivity index (χ1v) is 10.2. The Labute approximate surface area is 162 Å². The molecule has 7 heteroatoms. The van der Waals surface area contributed by atoms with Gasteiger partial charge in [-0.3, -0.25) is 4.79 Å². The van der Waals surface area contributed by atoms with Crippen molar-refractivity contribution >= 4 is 21.4 Å². The summed E-state index contributed by atoms with van der Waals surface area (Å²) in [6.45, 7) is 0.244. The third-order valence-electron chi connectivity index (χ3n) is 3.86. The van der Waals surface area contributed by atoms with Gasteiger partial charge in [-0.05, 0) is 23.8 Å². The zero-order chi connectivity index (χ0) is 19.3. The molecule has 2 aromatic carbocycles. The molecule has 0 radical (unpaired) electrons. The van der Waals surface area contributed by atoms with Gasteiger partial charge in [-0.25, -0.2) is 8.42 Å². The molecule has 5 nitrogen and oxygen atoms in total. The number of sulfone groups is 1. The number of hydrogen-bond acceptors (Lipinski definition) is 5. The van der Waals surface area contributed by atoms with Crippen molar-refractivity contribution in [2.45, 2.75) is 17.9 Å². The van der Waals surface area contributed by atoms with Gasteiger partial charge in [0.15, 0.2) is 9.84 Å². The SMILES string of the molecule is O=c1cc(CCS(=O)(=O)c2cccc(Cl)c2)occ1OCc1ccccc1. The van der Waals surface area contributed by atoms with Crippen molar-refractivity contribution < 1.29 is 17.6 Å². The molecule has 0 bridgehead atoms. The van der Waals surface area contributed by atoms with Crippen LogP contribution in [0.2, 0.25) is 5.02 Å². The average molecular weight is 405 g/mol. The van der Waals surface area contributed by atoms with Gasteiger partial charge in [0.25, 0.3) is 0 Å². The van der Waals surface area contributed by atoms with Crippen LogP contribution >= 0.6 is 11.6 Å². The standard InChI is InChI=1S/C20H17ClO5S/c21-16-7-4-8-18(11-16)27(23,24)10-9-17-12-19(22)20(14-25-17)26-13-15-5-2-1-3-6-15/h1-8,11-12,14H,9-10,13H2. The molecule has 140 valence electrons. The number of aryl methyl sites for hydroxylation is 1. The maximum atomic E-state index is 12.4. The molecule has 1 aromatic heterocycles. The minimum atomic E-state index is -3.53. The second kappa shape index (κ2) is 8.41. The highest BCUT2D eigenvalue weighted by molar-refractivity contribution is 7.91. The van der Waals surface area contributed by atoms with Gasteiger partial charge in [0, 0.05) is 17.5 Å². The van der Waals surface area contributed by atoms with Crippen molar-refractivity contribution in [1.29, 1.82) is 0 Å². The van der Waals surface area contributed by atoms with Crippen LogP contribution in [0, 0.1) is 0 Å². The van der Waals surface area contributed by atoms with Crippen LogP contribution in [-0.2, 0) is 22.9 Å². The highest BCUT2D eigenvalue weighted by Gasteiger charge is 2.16. The van der Waals surface area contributed by atoms with E-state index in [4.69, 9.17) is 20.8 Å². The smallest absolute Gasteiger partial charge is 0.226 e. The molecular weight excluding hydrogens is 388 g/mol. The predicted octanol–water partition coefficient (Wildman–Crippen LogP) is 3.89. The molecule has 0 saturated carbocycles. The molecule has 1 heterocycles. The van der Waals surface area contributed by atoms with Crippen LogP contribution in [0.1, 0.15) is 11.3 Å². The molecule has 0 atom stereocenters. The fourth-order valence-electron chi connectivity index (χ4n) is 2.42. The lowest BCUT2D eigenvalue weighted by Crippen LogP contribution is -2.12. The second-order valence-electron chi connectivity index (χ2n) is 5.88. The Morgan fingerprint density at radius 2 is 1.78 bits per heavy atom. The number of benzene rings is 2. The molecule has 0 aliphatic carbocycles. The topological polar surface area (TPSA) is 73.6 Å². The number of rotatable bonds is 7. The van der Waals surface area contributed by atoms with Crippen LogP contribution in [0.15, 0.2) is 81.0 Å². The Morgan fingerprint density at radius 1 is 1.00 bits per heavy atom. The summed E-state index contributed by atoms with van der Waals surface area (Å²) in [5.41, 5.74) is 0.570. The van der Waals surface area contributed by atoms with E-state index < -0.39 is 9.84 Å². The molecule has 0 spiro atoms. The Hall–Kier alpha value is -2.57. The van der Waals surface area contributed by atoms with Gasteiger partial charge in [-0.15, -0.1) is 0 Å². The van der Waals surface area contributed by atoms with E-state index >= 15 is 0 Å². The van der Waals surface area contributed by atoms with E-state index in [-0.39, 0.29) is 40.6 Å². The molecule has 0 amide bonds. The van der Waals surface area contributed by atoms with Gasteiger partial charge >= 0.3 is 0 Å². The third-order valence-corrected chi connectivity index (χ3v) is 5.81. The van der Waals surface area contributed by atoms with Crippen LogP contribution in [0.25, 0.3) is 0 Å². The van der Waals surface area contributed by atoms with Gasteiger partial charge < -0.3 is 9.15 Å². The van der Waals surface area contributed by atoms with E-state index in [2.05, 4.69) is 0 Å². The predicted molar refractivity (Wildman–Crippen MR) is 103 cm³/mol. The lowest BCUT2D eigenvalue weighted by molar-refractivity contribution is 0.290. The largest absolute Gasteiger partial charge is 0.482 e. The average Bonchev–Trinajstić information content (AvgIpc) is 2.66. The summed E-state index contributed by atoms with van der Waals surface area (Å²) >= 11 is 5.84. The van der Waals surface area contributed by atoms with E-state index in [1.807, 2.05) is 30.3 Å².